The summed E-state index contributed by atoms with van der Waals surface area (Å²) < 4.78 is 4.99. The number of rotatable bonds is 0. The van der Waals surface area contributed by atoms with Crippen LogP contribution in [0.25, 0.3) is 0 Å². The Labute approximate surface area is 52.3 Å². The topological polar surface area (TPSA) is 50.1 Å². The normalized spacial score (nSPS) is 16.4. The van der Waals surface area contributed by atoms with Gasteiger partial charge >= 0.3 is 0 Å². The second-order valence-corrected chi connectivity index (χ2v) is 1.91. The minimum absolute atomic E-state index is 0.766. The van der Waals surface area contributed by atoms with Gasteiger partial charge in [0, 0.05) is 6.54 Å². The molecule has 0 atom stereocenters. The highest BCUT2D eigenvalue weighted by Crippen LogP contribution is 2.14. The summed E-state index contributed by atoms with van der Waals surface area (Å²) in [5, 5.41) is 6.10. The van der Waals surface area contributed by atoms with Crippen molar-refractivity contribution in [3.63, 3.8) is 0 Å². The molecule has 4 nitrogen and oxygen atoms in total. The summed E-state index contributed by atoms with van der Waals surface area (Å²) in [7, 11) is 0. The average Bonchev–Trinajstić information content (AvgIpc) is 2.33. The quantitative estimate of drug-likeness (QED) is 0.518. The molecule has 1 aromatic heterocycles. The molecule has 0 amide bonds. The summed E-state index contributed by atoms with van der Waals surface area (Å²) in [6.45, 7) is 1.57. The van der Waals surface area contributed by atoms with Crippen molar-refractivity contribution in [2.24, 2.45) is 0 Å². The van der Waals surface area contributed by atoms with E-state index in [1.54, 1.807) is 0 Å². The molecule has 1 aliphatic heterocycles. The summed E-state index contributed by atoms with van der Waals surface area (Å²) in [5.41, 5.74) is 0.959. The van der Waals surface area contributed by atoms with Crippen LogP contribution in [0.3, 0.4) is 0 Å². The highest BCUT2D eigenvalue weighted by Gasteiger charge is 2.10. The molecule has 48 valence electrons. The molecule has 0 bridgehead atoms. The first-order valence-corrected chi connectivity index (χ1v) is 2.84. The van der Waals surface area contributed by atoms with Gasteiger partial charge in [0.05, 0.1) is 6.67 Å². The van der Waals surface area contributed by atoms with Crippen LogP contribution >= 0.6 is 0 Å². The molecule has 0 aliphatic carbocycles. The highest BCUT2D eigenvalue weighted by molar-refractivity contribution is 5.37. The van der Waals surface area contributed by atoms with E-state index in [2.05, 4.69) is 15.6 Å². The van der Waals surface area contributed by atoms with Crippen LogP contribution in [0.4, 0.5) is 5.88 Å². The number of hydrogen-bond acceptors (Lipinski definition) is 4. The largest absolute Gasteiger partial charge is 0.428 e. The zero-order chi connectivity index (χ0) is 6.10. The fourth-order valence-electron chi connectivity index (χ4n) is 0.863. The second kappa shape index (κ2) is 1.73. The van der Waals surface area contributed by atoms with Gasteiger partial charge in [-0.3, -0.25) is 5.32 Å². The maximum Gasteiger partial charge on any atom is 0.219 e. The van der Waals surface area contributed by atoms with Crippen LogP contribution in [0, 0.1) is 0 Å². The van der Waals surface area contributed by atoms with E-state index in [0.717, 1.165) is 24.8 Å². The Balaban J connectivity index is 2.39. The van der Waals surface area contributed by atoms with Crippen molar-refractivity contribution in [3.05, 3.63) is 12.1 Å². The third-order valence-corrected chi connectivity index (χ3v) is 1.31. The maximum absolute atomic E-state index is 4.99. The van der Waals surface area contributed by atoms with Gasteiger partial charge < -0.3 is 9.73 Å². The molecule has 0 saturated carbocycles. The molecular weight excluding hydrogens is 118 g/mol. The van der Waals surface area contributed by atoms with Crippen LogP contribution in [-0.4, -0.2) is 11.7 Å². The van der Waals surface area contributed by atoms with Gasteiger partial charge in [-0.05, 0) is 0 Å². The fraction of sp³-hybridized carbons (Fsp3) is 0.400. The van der Waals surface area contributed by atoms with Crippen LogP contribution in [0.1, 0.15) is 5.69 Å². The monoisotopic (exact) mass is 125 g/mol. The van der Waals surface area contributed by atoms with Crippen LogP contribution in [0.15, 0.2) is 10.8 Å². The minimum atomic E-state index is 0.766. The summed E-state index contributed by atoms with van der Waals surface area (Å²) >= 11 is 0. The molecule has 0 unspecified atom stereocenters. The molecule has 4 heteroatoms. The first-order chi connectivity index (χ1) is 4.47. The molecule has 0 fully saturated rings. The summed E-state index contributed by atoms with van der Waals surface area (Å²) in [6.07, 6.45) is 1.45. The lowest BCUT2D eigenvalue weighted by atomic mass is 10.4. The Hall–Kier alpha value is -1.03. The van der Waals surface area contributed by atoms with Crippen LogP contribution in [0.5, 0.6) is 0 Å². The van der Waals surface area contributed by atoms with Crippen molar-refractivity contribution in [3.8, 4) is 0 Å². The van der Waals surface area contributed by atoms with Crippen molar-refractivity contribution in [2.45, 2.75) is 6.54 Å². The van der Waals surface area contributed by atoms with Crippen molar-refractivity contribution in [1.82, 2.24) is 10.3 Å². The lowest BCUT2D eigenvalue weighted by Gasteiger charge is -2.10. The molecule has 2 heterocycles. The number of aromatic nitrogens is 1. The third-order valence-electron chi connectivity index (χ3n) is 1.31. The Morgan fingerprint density at radius 2 is 2.67 bits per heavy atom. The number of nitrogens with one attached hydrogen (secondary N) is 2. The standard InChI is InChI=1S/C5H7N3O/c1-4-5(7-2-6-1)9-3-8-4/h3,6-7H,1-2H2. The highest BCUT2D eigenvalue weighted by atomic mass is 16.4. The van der Waals surface area contributed by atoms with E-state index in [4.69, 9.17) is 4.42 Å². The van der Waals surface area contributed by atoms with E-state index in [-0.39, 0.29) is 0 Å². The van der Waals surface area contributed by atoms with E-state index in [0.29, 0.717) is 0 Å². The van der Waals surface area contributed by atoms with Crippen molar-refractivity contribution in [1.29, 1.82) is 0 Å². The van der Waals surface area contributed by atoms with Gasteiger partial charge in [0.25, 0.3) is 0 Å². The molecule has 0 spiro atoms. The smallest absolute Gasteiger partial charge is 0.219 e. The first-order valence-electron chi connectivity index (χ1n) is 2.84. The predicted molar refractivity (Wildman–Crippen MR) is 31.8 cm³/mol. The second-order valence-electron chi connectivity index (χ2n) is 1.91. The number of oxazole rings is 1. The van der Waals surface area contributed by atoms with E-state index in [1.807, 2.05) is 0 Å². The number of anilines is 1. The van der Waals surface area contributed by atoms with Gasteiger partial charge in [0.1, 0.15) is 5.69 Å². The zero-order valence-electron chi connectivity index (χ0n) is 4.85. The lowest BCUT2D eigenvalue weighted by Crippen LogP contribution is -2.26. The van der Waals surface area contributed by atoms with E-state index in [1.165, 1.54) is 6.39 Å². The molecule has 2 N–H and O–H groups in total. The van der Waals surface area contributed by atoms with E-state index < -0.39 is 0 Å². The van der Waals surface area contributed by atoms with Crippen molar-refractivity contribution < 1.29 is 4.42 Å². The van der Waals surface area contributed by atoms with Gasteiger partial charge in [-0.15, -0.1) is 0 Å². The molecule has 1 aliphatic rings. The van der Waals surface area contributed by atoms with Gasteiger partial charge in [0.2, 0.25) is 5.88 Å². The minimum Gasteiger partial charge on any atom is -0.428 e. The number of fused-ring (bicyclic) bond motifs is 1. The summed E-state index contributed by atoms with van der Waals surface area (Å²) in [6, 6.07) is 0. The van der Waals surface area contributed by atoms with Gasteiger partial charge in [-0.1, -0.05) is 0 Å². The Kier molecular flexibility index (Phi) is 0.927. The molecule has 0 radical (unpaired) electrons. The molecule has 0 aromatic carbocycles. The fourth-order valence-corrected chi connectivity index (χ4v) is 0.863. The lowest BCUT2D eigenvalue weighted by molar-refractivity contribution is 0.553. The summed E-state index contributed by atoms with van der Waals surface area (Å²) in [4.78, 5) is 3.97. The Bertz CT molecular complexity index is 187. The van der Waals surface area contributed by atoms with Gasteiger partial charge in [0.15, 0.2) is 6.39 Å². The Morgan fingerprint density at radius 3 is 3.56 bits per heavy atom. The number of nitrogens with zero attached hydrogens (tertiary/aromatic N) is 1. The van der Waals surface area contributed by atoms with Crippen LogP contribution < -0.4 is 10.6 Å². The van der Waals surface area contributed by atoms with Gasteiger partial charge in [-0.2, -0.15) is 0 Å². The molecule has 0 saturated heterocycles. The van der Waals surface area contributed by atoms with Crippen molar-refractivity contribution in [2.75, 3.05) is 12.0 Å². The van der Waals surface area contributed by atoms with Crippen molar-refractivity contribution >= 4 is 5.88 Å². The first kappa shape index (κ1) is 4.81. The van der Waals surface area contributed by atoms with E-state index >= 15 is 0 Å². The molecule has 9 heavy (non-hydrogen) atoms. The third kappa shape index (κ3) is 0.675. The number of hydrogen-bond donors (Lipinski definition) is 2. The molecule has 1 aromatic rings. The average molecular weight is 125 g/mol. The van der Waals surface area contributed by atoms with Gasteiger partial charge in [-0.25, -0.2) is 4.98 Å². The zero-order valence-corrected chi connectivity index (χ0v) is 4.85. The van der Waals surface area contributed by atoms with E-state index in [9.17, 15) is 0 Å². The predicted octanol–water partition coefficient (Wildman–Crippen LogP) is 0.147. The Morgan fingerprint density at radius 1 is 1.67 bits per heavy atom. The maximum atomic E-state index is 4.99. The van der Waals surface area contributed by atoms with Crippen LogP contribution in [0.2, 0.25) is 0 Å². The molecular formula is C5H7N3O. The SMILES string of the molecule is c1nc2c(o1)NCNC2. The molecule has 2 rings (SSSR count). The summed E-state index contributed by atoms with van der Waals surface area (Å²) in [5.74, 6) is 0.800. The van der Waals surface area contributed by atoms with Crippen LogP contribution in [-0.2, 0) is 6.54 Å².